The summed E-state index contributed by atoms with van der Waals surface area (Å²) in [5.74, 6) is 0.343. The van der Waals surface area contributed by atoms with E-state index in [9.17, 15) is 9.59 Å². The number of nitrogens with zero attached hydrogens (tertiary/aromatic N) is 3. The zero-order valence-electron chi connectivity index (χ0n) is 21.5. The van der Waals surface area contributed by atoms with Crippen LogP contribution in [0.25, 0.3) is 27.7 Å². The first-order chi connectivity index (χ1) is 18.3. The van der Waals surface area contributed by atoms with Gasteiger partial charge >= 0.3 is 6.03 Å². The summed E-state index contributed by atoms with van der Waals surface area (Å²) in [5.41, 5.74) is 9.39. The number of carbonyl (C=O) groups is 2. The second kappa shape index (κ2) is 8.64. The van der Waals surface area contributed by atoms with Crippen molar-refractivity contribution < 1.29 is 14.3 Å². The molecule has 1 fully saturated rings. The molecule has 1 atom stereocenters. The van der Waals surface area contributed by atoms with Gasteiger partial charge in [0.05, 0.1) is 24.9 Å². The molecule has 0 radical (unpaired) electrons. The topological polar surface area (TPSA) is 88.5 Å². The molecule has 0 spiro atoms. The summed E-state index contributed by atoms with van der Waals surface area (Å²) < 4.78 is 7.21. The monoisotopic (exact) mass is 505 g/mol. The third-order valence-electron chi connectivity index (χ3n) is 7.41. The molecule has 2 N–H and O–H groups in total. The Balaban J connectivity index is 1.36. The lowest BCUT2D eigenvalue weighted by molar-refractivity contribution is -0.124. The summed E-state index contributed by atoms with van der Waals surface area (Å²) in [6.07, 6.45) is 2.00. The van der Waals surface area contributed by atoms with Gasteiger partial charge in [-0.3, -0.25) is 14.8 Å². The zero-order valence-corrected chi connectivity index (χ0v) is 21.5. The average Bonchev–Trinajstić information content (AvgIpc) is 3.55. The van der Waals surface area contributed by atoms with Gasteiger partial charge in [0.25, 0.3) is 5.91 Å². The Kier molecular flexibility index (Phi) is 5.36. The highest BCUT2D eigenvalue weighted by Gasteiger charge is 2.50. The van der Waals surface area contributed by atoms with Crippen molar-refractivity contribution in [3.05, 3.63) is 95.4 Å². The zero-order chi connectivity index (χ0) is 26.6. The van der Waals surface area contributed by atoms with E-state index >= 15 is 0 Å². The fourth-order valence-corrected chi connectivity index (χ4v) is 5.57. The lowest BCUT2D eigenvalue weighted by Gasteiger charge is -2.32. The Hall–Kier alpha value is -4.81. The minimum Gasteiger partial charge on any atom is -0.497 e. The van der Waals surface area contributed by atoms with E-state index < -0.39 is 11.6 Å². The fraction of sp³-hybridized carbons (Fsp3) is 0.200. The van der Waals surface area contributed by atoms with Crippen LogP contribution in [0.3, 0.4) is 0 Å². The minimum absolute atomic E-state index is 0.222. The van der Waals surface area contributed by atoms with Crippen LogP contribution in [-0.2, 0) is 23.9 Å². The molecule has 0 aliphatic carbocycles. The van der Waals surface area contributed by atoms with Gasteiger partial charge in [-0.25, -0.2) is 4.79 Å². The number of carbonyl (C=O) groups excluding carboxylic acids is 2. The maximum absolute atomic E-state index is 13.3. The highest BCUT2D eigenvalue weighted by atomic mass is 16.5. The van der Waals surface area contributed by atoms with E-state index in [-0.39, 0.29) is 12.5 Å². The first-order valence-corrected chi connectivity index (χ1v) is 12.3. The summed E-state index contributed by atoms with van der Waals surface area (Å²) >= 11 is 0. The number of nitrogens with one attached hydrogen (secondary N) is 2. The van der Waals surface area contributed by atoms with E-state index in [1.54, 1.807) is 7.11 Å². The highest BCUT2D eigenvalue weighted by molar-refractivity contribution is 6.07. The van der Waals surface area contributed by atoms with Gasteiger partial charge in [0, 0.05) is 30.7 Å². The van der Waals surface area contributed by atoms with E-state index in [4.69, 9.17) is 4.74 Å². The Morgan fingerprint density at radius 3 is 2.58 bits per heavy atom. The van der Waals surface area contributed by atoms with E-state index in [2.05, 4.69) is 47.1 Å². The van der Waals surface area contributed by atoms with E-state index in [1.807, 2.05) is 65.3 Å². The van der Waals surface area contributed by atoms with Crippen LogP contribution in [0.4, 0.5) is 4.79 Å². The molecule has 4 aromatic rings. The molecule has 3 heterocycles. The van der Waals surface area contributed by atoms with Crippen molar-refractivity contribution in [3.8, 4) is 16.9 Å². The van der Waals surface area contributed by atoms with Crippen LogP contribution in [0.1, 0.15) is 22.3 Å². The molecule has 3 aromatic carbocycles. The summed E-state index contributed by atoms with van der Waals surface area (Å²) in [5, 5.41) is 11.0. The lowest BCUT2D eigenvalue weighted by atomic mass is 9.87. The summed E-state index contributed by atoms with van der Waals surface area (Å²) in [6.45, 7) is 6.72. The fourth-order valence-electron chi connectivity index (χ4n) is 5.57. The van der Waals surface area contributed by atoms with Crippen molar-refractivity contribution >= 4 is 28.5 Å². The number of methoxy groups -OCH3 is 1. The smallest absolute Gasteiger partial charge is 0.322 e. The van der Waals surface area contributed by atoms with Gasteiger partial charge in [0.15, 0.2) is 5.54 Å². The third kappa shape index (κ3) is 3.66. The van der Waals surface area contributed by atoms with Crippen molar-refractivity contribution in [1.29, 1.82) is 0 Å². The van der Waals surface area contributed by atoms with Crippen LogP contribution in [0.2, 0.25) is 0 Å². The average molecular weight is 506 g/mol. The van der Waals surface area contributed by atoms with Crippen molar-refractivity contribution in [2.24, 2.45) is 7.05 Å². The minimum atomic E-state index is -1.27. The molecule has 8 heteroatoms. The van der Waals surface area contributed by atoms with Crippen LogP contribution in [0.15, 0.2) is 73.1 Å². The largest absolute Gasteiger partial charge is 0.497 e. The SMILES string of the molecule is C=C=C1c2cc(OC)ccc2CN1C[C@@]1(c2ccc(-c3cc(C)c4nn(C)cc4c3)cc2)NC(=O)NC1=O. The van der Waals surface area contributed by atoms with Crippen LogP contribution >= 0.6 is 0 Å². The number of amides is 3. The lowest BCUT2D eigenvalue weighted by Crippen LogP contribution is -2.51. The maximum Gasteiger partial charge on any atom is 0.322 e. The highest BCUT2D eigenvalue weighted by Crippen LogP contribution is 2.38. The van der Waals surface area contributed by atoms with Crippen molar-refractivity contribution in [2.45, 2.75) is 19.0 Å². The molecular formula is C30H27N5O3. The second-order valence-electron chi connectivity index (χ2n) is 9.83. The molecule has 6 rings (SSSR count). The molecule has 2 aliphatic rings. The Morgan fingerprint density at radius 2 is 1.89 bits per heavy atom. The quantitative estimate of drug-likeness (QED) is 0.313. The molecule has 38 heavy (non-hydrogen) atoms. The number of rotatable bonds is 5. The van der Waals surface area contributed by atoms with Gasteiger partial charge in [0.1, 0.15) is 5.75 Å². The van der Waals surface area contributed by atoms with Crippen molar-refractivity contribution in [3.63, 3.8) is 0 Å². The standard InChI is InChI=1S/C30H27N5O3/c1-5-26-25-14-24(38-4)11-8-20(25)16-35(26)17-30(28(36)31-29(37)32-30)23-9-6-19(7-10-23)21-12-18(2)27-22(13-21)15-34(3)33-27/h6-15H,1,16-17H2,2-4H3,(H2,31,32,36,37)/t30-/m0/s1. The molecule has 0 bridgehead atoms. The molecule has 1 saturated heterocycles. The van der Waals surface area contributed by atoms with E-state index in [1.165, 1.54) is 0 Å². The Bertz CT molecular complexity index is 1680. The summed E-state index contributed by atoms with van der Waals surface area (Å²) in [6, 6.07) is 17.4. The van der Waals surface area contributed by atoms with Crippen LogP contribution in [-0.4, -0.2) is 40.3 Å². The number of hydrogen-bond donors (Lipinski definition) is 2. The molecule has 0 unspecified atom stereocenters. The van der Waals surface area contributed by atoms with Crippen molar-refractivity contribution in [1.82, 2.24) is 25.3 Å². The number of urea groups is 1. The molecular weight excluding hydrogens is 478 g/mol. The van der Waals surface area contributed by atoms with Crippen molar-refractivity contribution in [2.75, 3.05) is 13.7 Å². The van der Waals surface area contributed by atoms with Gasteiger partial charge < -0.3 is 15.0 Å². The first kappa shape index (κ1) is 23.6. The number of hydrogen-bond acceptors (Lipinski definition) is 5. The number of ether oxygens (including phenoxy) is 1. The summed E-state index contributed by atoms with van der Waals surface area (Å²) in [7, 11) is 3.54. The molecule has 190 valence electrons. The number of aryl methyl sites for hydroxylation is 2. The predicted molar refractivity (Wildman–Crippen MR) is 145 cm³/mol. The molecule has 8 nitrogen and oxygen atoms in total. The Morgan fingerprint density at radius 1 is 1.11 bits per heavy atom. The number of aromatic nitrogens is 2. The second-order valence-corrected chi connectivity index (χ2v) is 9.83. The molecule has 2 aliphatic heterocycles. The van der Waals surface area contributed by atoms with Gasteiger partial charge in [0.2, 0.25) is 0 Å². The van der Waals surface area contributed by atoms with Crippen LogP contribution in [0, 0.1) is 6.92 Å². The van der Waals surface area contributed by atoms with Gasteiger partial charge in [-0.1, -0.05) is 36.9 Å². The number of fused-ring (bicyclic) bond motifs is 2. The van der Waals surface area contributed by atoms with Gasteiger partial charge in [-0.2, -0.15) is 5.10 Å². The van der Waals surface area contributed by atoms with E-state index in [0.717, 1.165) is 50.2 Å². The van der Waals surface area contributed by atoms with Crippen LogP contribution < -0.4 is 15.4 Å². The first-order valence-electron chi connectivity index (χ1n) is 12.3. The Labute approximate surface area is 220 Å². The normalized spacial score (nSPS) is 18.4. The third-order valence-corrected chi connectivity index (χ3v) is 7.41. The maximum atomic E-state index is 13.3. The summed E-state index contributed by atoms with van der Waals surface area (Å²) in [4.78, 5) is 27.7. The number of benzene rings is 3. The predicted octanol–water partition coefficient (Wildman–Crippen LogP) is 4.23. The molecule has 0 saturated carbocycles. The number of imide groups is 1. The van der Waals surface area contributed by atoms with E-state index in [0.29, 0.717) is 12.1 Å². The van der Waals surface area contributed by atoms with Gasteiger partial charge in [-0.15, -0.1) is 5.73 Å². The van der Waals surface area contributed by atoms with Crippen LogP contribution in [0.5, 0.6) is 5.75 Å². The molecule has 1 aromatic heterocycles. The van der Waals surface area contributed by atoms with Gasteiger partial charge in [-0.05, 0) is 59.0 Å². The molecule has 3 amide bonds.